The van der Waals surface area contributed by atoms with Gasteiger partial charge in [0.25, 0.3) is 5.91 Å². The van der Waals surface area contributed by atoms with Crippen LogP contribution in [-0.2, 0) is 6.42 Å². The molecule has 0 unspecified atom stereocenters. The quantitative estimate of drug-likeness (QED) is 0.349. The highest BCUT2D eigenvalue weighted by atomic mass is 32.1. The van der Waals surface area contributed by atoms with E-state index in [4.69, 9.17) is 12.2 Å². The monoisotopic (exact) mass is 420 g/mol. The lowest BCUT2D eigenvalue weighted by atomic mass is 10.0. The third kappa shape index (κ3) is 3.98. The van der Waals surface area contributed by atoms with Crippen molar-refractivity contribution in [2.24, 2.45) is 0 Å². The zero-order chi connectivity index (χ0) is 21.2. The van der Waals surface area contributed by atoms with Gasteiger partial charge in [0.15, 0.2) is 5.11 Å². The number of hydrogen-bond donors (Lipinski definition) is 2. The van der Waals surface area contributed by atoms with Gasteiger partial charge in [-0.05, 0) is 76.3 Å². The van der Waals surface area contributed by atoms with Crippen LogP contribution in [0.5, 0.6) is 0 Å². The Kier molecular flexibility index (Phi) is 5.06. The fourth-order valence-corrected chi connectivity index (χ4v) is 4.22. The standard InChI is InChI=1S/C27H20N2OS/c30-26(20-12-10-19(11-13-20)18-6-2-1-3-7-18)29-27(31)28-23-14-15-25-22(17-23)16-21-8-4-5-9-24(21)25/h1-15,17H,16H2,(H2,28,29,30,31). The largest absolute Gasteiger partial charge is 0.332 e. The van der Waals surface area contributed by atoms with Gasteiger partial charge in [-0.3, -0.25) is 10.1 Å². The molecule has 0 fully saturated rings. The molecular weight excluding hydrogens is 400 g/mol. The maximum atomic E-state index is 12.6. The summed E-state index contributed by atoms with van der Waals surface area (Å²) in [4.78, 5) is 12.6. The average Bonchev–Trinajstić information content (AvgIpc) is 3.17. The summed E-state index contributed by atoms with van der Waals surface area (Å²) in [6.45, 7) is 0. The molecule has 1 amide bonds. The molecule has 2 N–H and O–H groups in total. The lowest BCUT2D eigenvalue weighted by molar-refractivity contribution is 0.0978. The van der Waals surface area contributed by atoms with Crippen LogP contribution in [0.25, 0.3) is 22.3 Å². The van der Waals surface area contributed by atoms with Crippen LogP contribution >= 0.6 is 12.2 Å². The van der Waals surface area contributed by atoms with Crippen LogP contribution in [0.3, 0.4) is 0 Å². The minimum Gasteiger partial charge on any atom is -0.332 e. The van der Waals surface area contributed by atoms with Gasteiger partial charge in [0.2, 0.25) is 0 Å². The van der Waals surface area contributed by atoms with Gasteiger partial charge in [-0.1, -0.05) is 72.8 Å². The molecule has 1 aliphatic carbocycles. The van der Waals surface area contributed by atoms with E-state index in [1.54, 1.807) is 0 Å². The Bertz CT molecular complexity index is 1280. The van der Waals surface area contributed by atoms with Crippen LogP contribution < -0.4 is 10.6 Å². The molecule has 0 aliphatic heterocycles. The summed E-state index contributed by atoms with van der Waals surface area (Å²) in [7, 11) is 0. The Hall–Kier alpha value is -3.76. The Morgan fingerprint density at radius 3 is 2.19 bits per heavy atom. The zero-order valence-electron chi connectivity index (χ0n) is 16.8. The van der Waals surface area contributed by atoms with Crippen molar-refractivity contribution >= 4 is 28.9 Å². The maximum Gasteiger partial charge on any atom is 0.257 e. The Morgan fingerprint density at radius 1 is 0.710 bits per heavy atom. The SMILES string of the molecule is O=C(NC(=S)Nc1ccc2c(c1)Cc1ccccc1-2)c1ccc(-c2ccccc2)cc1. The number of nitrogens with one attached hydrogen (secondary N) is 2. The summed E-state index contributed by atoms with van der Waals surface area (Å²) >= 11 is 5.37. The minimum absolute atomic E-state index is 0.231. The molecule has 0 atom stereocenters. The van der Waals surface area contributed by atoms with E-state index in [9.17, 15) is 4.79 Å². The van der Waals surface area contributed by atoms with E-state index in [1.165, 1.54) is 22.3 Å². The van der Waals surface area contributed by atoms with Gasteiger partial charge in [0.1, 0.15) is 0 Å². The van der Waals surface area contributed by atoms with Crippen LogP contribution in [-0.4, -0.2) is 11.0 Å². The second-order valence-corrected chi connectivity index (χ2v) is 7.97. The molecule has 0 radical (unpaired) electrons. The van der Waals surface area contributed by atoms with Crippen molar-refractivity contribution < 1.29 is 4.79 Å². The summed E-state index contributed by atoms with van der Waals surface area (Å²) in [5.41, 5.74) is 8.77. The summed E-state index contributed by atoms with van der Waals surface area (Å²) < 4.78 is 0. The van der Waals surface area contributed by atoms with E-state index in [0.29, 0.717) is 5.56 Å². The molecule has 150 valence electrons. The first-order valence-electron chi connectivity index (χ1n) is 10.2. The highest BCUT2D eigenvalue weighted by Crippen LogP contribution is 2.37. The van der Waals surface area contributed by atoms with Crippen molar-refractivity contribution in [1.82, 2.24) is 5.32 Å². The number of fused-ring (bicyclic) bond motifs is 3. The second kappa shape index (κ2) is 8.17. The first-order chi connectivity index (χ1) is 15.2. The minimum atomic E-state index is -0.231. The van der Waals surface area contributed by atoms with Crippen LogP contribution in [0.1, 0.15) is 21.5 Å². The van der Waals surface area contributed by atoms with Gasteiger partial charge in [-0.2, -0.15) is 0 Å². The number of hydrogen-bond acceptors (Lipinski definition) is 2. The van der Waals surface area contributed by atoms with Crippen molar-refractivity contribution in [3.05, 3.63) is 114 Å². The Labute approximate surface area is 186 Å². The first-order valence-corrected chi connectivity index (χ1v) is 10.6. The van der Waals surface area contributed by atoms with Gasteiger partial charge in [0, 0.05) is 11.3 Å². The summed E-state index contributed by atoms with van der Waals surface area (Å²) in [6.07, 6.45) is 0.911. The first kappa shape index (κ1) is 19.2. The molecule has 0 heterocycles. The number of thiocarbonyl (C=S) groups is 1. The molecule has 5 rings (SSSR count). The van der Waals surface area contributed by atoms with Gasteiger partial charge < -0.3 is 5.32 Å². The molecule has 4 heteroatoms. The van der Waals surface area contributed by atoms with E-state index < -0.39 is 0 Å². The highest BCUT2D eigenvalue weighted by Gasteiger charge is 2.18. The smallest absolute Gasteiger partial charge is 0.257 e. The zero-order valence-corrected chi connectivity index (χ0v) is 17.6. The molecule has 0 saturated carbocycles. The lowest BCUT2D eigenvalue weighted by Gasteiger charge is -2.11. The normalized spacial score (nSPS) is 11.4. The molecule has 0 saturated heterocycles. The summed E-state index contributed by atoms with van der Waals surface area (Å²) in [5.74, 6) is -0.231. The third-order valence-corrected chi connectivity index (χ3v) is 5.74. The molecule has 4 aromatic rings. The van der Waals surface area contributed by atoms with Crippen LogP contribution in [0.15, 0.2) is 97.1 Å². The molecule has 0 bridgehead atoms. The number of anilines is 1. The predicted molar refractivity (Wildman–Crippen MR) is 130 cm³/mol. The molecule has 3 nitrogen and oxygen atoms in total. The second-order valence-electron chi connectivity index (χ2n) is 7.56. The van der Waals surface area contributed by atoms with Gasteiger partial charge in [-0.25, -0.2) is 0 Å². The van der Waals surface area contributed by atoms with Crippen LogP contribution in [0.4, 0.5) is 5.69 Å². The lowest BCUT2D eigenvalue weighted by Crippen LogP contribution is -2.34. The average molecular weight is 421 g/mol. The van der Waals surface area contributed by atoms with Gasteiger partial charge >= 0.3 is 0 Å². The van der Waals surface area contributed by atoms with Crippen molar-refractivity contribution in [1.29, 1.82) is 0 Å². The number of carbonyl (C=O) groups excluding carboxylic acids is 1. The van der Waals surface area contributed by atoms with Crippen LogP contribution in [0.2, 0.25) is 0 Å². The molecule has 0 spiro atoms. The number of benzene rings is 4. The molecule has 1 aliphatic rings. The topological polar surface area (TPSA) is 41.1 Å². The van der Waals surface area contributed by atoms with Crippen LogP contribution in [0, 0.1) is 0 Å². The highest BCUT2D eigenvalue weighted by molar-refractivity contribution is 7.80. The van der Waals surface area contributed by atoms with Crippen molar-refractivity contribution in [3.8, 4) is 22.3 Å². The van der Waals surface area contributed by atoms with Gasteiger partial charge in [0.05, 0.1) is 0 Å². The van der Waals surface area contributed by atoms with Crippen molar-refractivity contribution in [2.75, 3.05) is 5.32 Å². The summed E-state index contributed by atoms with van der Waals surface area (Å²) in [5, 5.41) is 6.19. The molecule has 4 aromatic carbocycles. The fraction of sp³-hybridized carbons (Fsp3) is 0.0370. The maximum absolute atomic E-state index is 12.6. The van der Waals surface area contributed by atoms with E-state index >= 15 is 0 Å². The number of carbonyl (C=O) groups is 1. The third-order valence-electron chi connectivity index (χ3n) is 5.53. The molecule has 31 heavy (non-hydrogen) atoms. The van der Waals surface area contributed by atoms with E-state index in [0.717, 1.165) is 23.2 Å². The number of amides is 1. The molecular formula is C27H20N2OS. The van der Waals surface area contributed by atoms with E-state index in [2.05, 4.69) is 47.0 Å². The predicted octanol–water partition coefficient (Wildman–Crippen LogP) is 6.05. The molecule has 0 aromatic heterocycles. The van der Waals surface area contributed by atoms with Gasteiger partial charge in [-0.15, -0.1) is 0 Å². The van der Waals surface area contributed by atoms with E-state index in [1.807, 2.05) is 60.7 Å². The van der Waals surface area contributed by atoms with Crippen molar-refractivity contribution in [2.45, 2.75) is 6.42 Å². The Balaban J connectivity index is 1.24. The summed E-state index contributed by atoms with van der Waals surface area (Å²) in [6, 6.07) is 32.2. The van der Waals surface area contributed by atoms with Crippen molar-refractivity contribution in [3.63, 3.8) is 0 Å². The number of rotatable bonds is 3. The Morgan fingerprint density at radius 2 is 1.39 bits per heavy atom. The van der Waals surface area contributed by atoms with E-state index in [-0.39, 0.29) is 11.0 Å². The fourth-order valence-electron chi connectivity index (χ4n) is 4.01.